The van der Waals surface area contributed by atoms with Gasteiger partial charge in [-0.05, 0) is 62.9 Å². The SMILES string of the molecule is CCc1cccc(CC)c1NCCN(C)CCNc1c(C)cc(C)cc1C. The minimum Gasteiger partial charge on any atom is -0.383 e. The van der Waals surface area contributed by atoms with E-state index in [1.165, 1.54) is 39.2 Å². The van der Waals surface area contributed by atoms with Crippen molar-refractivity contribution in [3.63, 3.8) is 0 Å². The molecule has 2 rings (SSSR count). The number of benzene rings is 2. The zero-order valence-electron chi connectivity index (χ0n) is 18.1. The van der Waals surface area contributed by atoms with Crippen LogP contribution < -0.4 is 10.6 Å². The summed E-state index contributed by atoms with van der Waals surface area (Å²) in [6, 6.07) is 11.2. The monoisotopic (exact) mass is 367 g/mol. The third-order valence-corrected chi connectivity index (χ3v) is 5.27. The number of hydrogen-bond donors (Lipinski definition) is 2. The lowest BCUT2D eigenvalue weighted by molar-refractivity contribution is 0.361. The molecule has 0 amide bonds. The summed E-state index contributed by atoms with van der Waals surface area (Å²) in [7, 11) is 2.20. The second-order valence-electron chi connectivity index (χ2n) is 7.59. The molecule has 0 saturated carbocycles. The molecule has 27 heavy (non-hydrogen) atoms. The van der Waals surface area contributed by atoms with Crippen LogP contribution in [0.5, 0.6) is 0 Å². The van der Waals surface area contributed by atoms with Gasteiger partial charge in [-0.15, -0.1) is 0 Å². The van der Waals surface area contributed by atoms with Gasteiger partial charge in [0.1, 0.15) is 0 Å². The topological polar surface area (TPSA) is 27.3 Å². The fourth-order valence-corrected chi connectivity index (χ4v) is 3.78. The molecule has 0 unspecified atom stereocenters. The first kappa shape index (κ1) is 21.3. The Hall–Kier alpha value is -2.00. The van der Waals surface area contributed by atoms with E-state index in [1.807, 2.05) is 0 Å². The third-order valence-electron chi connectivity index (χ3n) is 5.27. The highest BCUT2D eigenvalue weighted by molar-refractivity contribution is 5.58. The van der Waals surface area contributed by atoms with E-state index < -0.39 is 0 Å². The van der Waals surface area contributed by atoms with Crippen molar-refractivity contribution in [2.75, 3.05) is 43.9 Å². The minimum absolute atomic E-state index is 0.965. The van der Waals surface area contributed by atoms with Gasteiger partial charge in [-0.1, -0.05) is 49.7 Å². The van der Waals surface area contributed by atoms with Crippen LogP contribution >= 0.6 is 0 Å². The molecular formula is C24H37N3. The van der Waals surface area contributed by atoms with E-state index in [2.05, 4.69) is 87.5 Å². The molecule has 0 aliphatic carbocycles. The average Bonchev–Trinajstić information content (AvgIpc) is 2.63. The fourth-order valence-electron chi connectivity index (χ4n) is 3.78. The van der Waals surface area contributed by atoms with Crippen LogP contribution in [0, 0.1) is 20.8 Å². The highest BCUT2D eigenvalue weighted by Gasteiger charge is 2.07. The summed E-state index contributed by atoms with van der Waals surface area (Å²) in [5.41, 5.74) is 9.47. The predicted molar refractivity (Wildman–Crippen MR) is 120 cm³/mol. The van der Waals surface area contributed by atoms with Crippen molar-refractivity contribution < 1.29 is 0 Å². The van der Waals surface area contributed by atoms with E-state index in [4.69, 9.17) is 0 Å². The van der Waals surface area contributed by atoms with Crippen LogP contribution in [0.3, 0.4) is 0 Å². The first-order chi connectivity index (χ1) is 13.0. The number of rotatable bonds is 10. The molecule has 0 aromatic heterocycles. The molecule has 3 nitrogen and oxygen atoms in total. The molecule has 0 atom stereocenters. The van der Waals surface area contributed by atoms with E-state index in [0.29, 0.717) is 0 Å². The second-order valence-corrected chi connectivity index (χ2v) is 7.59. The van der Waals surface area contributed by atoms with Gasteiger partial charge in [0, 0.05) is 37.6 Å². The second kappa shape index (κ2) is 10.4. The summed E-state index contributed by atoms with van der Waals surface area (Å²) in [6.07, 6.45) is 2.15. The summed E-state index contributed by atoms with van der Waals surface area (Å²) in [4.78, 5) is 2.39. The number of para-hydroxylation sites is 1. The van der Waals surface area contributed by atoms with Crippen molar-refractivity contribution in [3.05, 3.63) is 58.1 Å². The predicted octanol–water partition coefficient (Wildman–Crippen LogP) is 5.19. The molecule has 2 aromatic carbocycles. The van der Waals surface area contributed by atoms with Crippen molar-refractivity contribution >= 4 is 11.4 Å². The van der Waals surface area contributed by atoms with Gasteiger partial charge in [0.25, 0.3) is 0 Å². The number of aryl methyl sites for hydroxylation is 5. The molecule has 3 heteroatoms. The summed E-state index contributed by atoms with van der Waals surface area (Å²) < 4.78 is 0. The average molecular weight is 368 g/mol. The van der Waals surface area contributed by atoms with Gasteiger partial charge in [-0.2, -0.15) is 0 Å². The number of nitrogens with one attached hydrogen (secondary N) is 2. The first-order valence-corrected chi connectivity index (χ1v) is 10.3. The number of anilines is 2. The molecule has 0 aliphatic rings. The van der Waals surface area contributed by atoms with Crippen LogP contribution in [0.2, 0.25) is 0 Å². The van der Waals surface area contributed by atoms with Gasteiger partial charge in [0.15, 0.2) is 0 Å². The third kappa shape index (κ3) is 6.00. The van der Waals surface area contributed by atoms with Crippen LogP contribution in [0.15, 0.2) is 30.3 Å². The zero-order valence-corrected chi connectivity index (χ0v) is 18.1. The standard InChI is InChI=1S/C24H37N3/c1-7-21-10-9-11-22(8-2)24(21)26-13-15-27(6)14-12-25-23-19(4)16-18(3)17-20(23)5/h9-11,16-17,25-26H,7-8,12-15H2,1-6H3. The minimum atomic E-state index is 0.965. The molecule has 2 aromatic rings. The molecule has 2 N–H and O–H groups in total. The maximum absolute atomic E-state index is 3.69. The molecule has 148 valence electrons. The summed E-state index contributed by atoms with van der Waals surface area (Å²) in [6.45, 7) is 15.0. The van der Waals surface area contributed by atoms with Crippen molar-refractivity contribution in [1.29, 1.82) is 0 Å². The van der Waals surface area contributed by atoms with Gasteiger partial charge in [-0.25, -0.2) is 0 Å². The summed E-state index contributed by atoms with van der Waals surface area (Å²) >= 11 is 0. The van der Waals surface area contributed by atoms with Crippen LogP contribution in [0.25, 0.3) is 0 Å². The maximum Gasteiger partial charge on any atom is 0.0405 e. The van der Waals surface area contributed by atoms with E-state index in [1.54, 1.807) is 0 Å². The van der Waals surface area contributed by atoms with Crippen molar-refractivity contribution in [3.8, 4) is 0 Å². The van der Waals surface area contributed by atoms with Crippen molar-refractivity contribution in [2.45, 2.75) is 47.5 Å². The Balaban J connectivity index is 1.80. The molecule has 0 radical (unpaired) electrons. The lowest BCUT2D eigenvalue weighted by Gasteiger charge is -2.21. The van der Waals surface area contributed by atoms with Crippen molar-refractivity contribution in [1.82, 2.24) is 4.90 Å². The molecule has 0 heterocycles. The van der Waals surface area contributed by atoms with E-state index in [-0.39, 0.29) is 0 Å². The molecule has 0 spiro atoms. The quantitative estimate of drug-likeness (QED) is 0.605. The number of hydrogen-bond acceptors (Lipinski definition) is 3. The maximum atomic E-state index is 3.69. The Bertz CT molecular complexity index is 691. The largest absolute Gasteiger partial charge is 0.383 e. The number of nitrogens with zero attached hydrogens (tertiary/aromatic N) is 1. The zero-order chi connectivity index (χ0) is 19.8. The Morgan fingerprint density at radius 3 is 1.74 bits per heavy atom. The summed E-state index contributed by atoms with van der Waals surface area (Å²) in [5, 5.41) is 7.31. The van der Waals surface area contributed by atoms with Gasteiger partial charge >= 0.3 is 0 Å². The highest BCUT2D eigenvalue weighted by atomic mass is 15.1. The molecule has 0 aliphatic heterocycles. The Kier molecular flexibility index (Phi) is 8.18. The molecule has 0 saturated heterocycles. The molecule has 0 fully saturated rings. The van der Waals surface area contributed by atoms with Gasteiger partial charge < -0.3 is 15.5 Å². The molecule has 0 bridgehead atoms. The first-order valence-electron chi connectivity index (χ1n) is 10.3. The molecular weight excluding hydrogens is 330 g/mol. The van der Waals surface area contributed by atoms with Crippen molar-refractivity contribution in [2.24, 2.45) is 0 Å². The van der Waals surface area contributed by atoms with Gasteiger partial charge in [0.05, 0.1) is 0 Å². The van der Waals surface area contributed by atoms with Crippen LogP contribution in [-0.2, 0) is 12.8 Å². The Morgan fingerprint density at radius 1 is 0.778 bits per heavy atom. The van der Waals surface area contributed by atoms with E-state index in [9.17, 15) is 0 Å². The van der Waals surface area contributed by atoms with E-state index in [0.717, 1.165) is 39.0 Å². The van der Waals surface area contributed by atoms with Crippen LogP contribution in [-0.4, -0.2) is 38.1 Å². The van der Waals surface area contributed by atoms with Crippen LogP contribution in [0.1, 0.15) is 41.7 Å². The van der Waals surface area contributed by atoms with Crippen LogP contribution in [0.4, 0.5) is 11.4 Å². The van der Waals surface area contributed by atoms with E-state index >= 15 is 0 Å². The smallest absolute Gasteiger partial charge is 0.0405 e. The Morgan fingerprint density at radius 2 is 1.26 bits per heavy atom. The van der Waals surface area contributed by atoms with Gasteiger partial charge in [0.2, 0.25) is 0 Å². The van der Waals surface area contributed by atoms with Gasteiger partial charge in [-0.3, -0.25) is 0 Å². The normalized spacial score (nSPS) is 11.1. The number of likely N-dealkylation sites (N-methyl/N-ethyl adjacent to an activating group) is 1. The summed E-state index contributed by atoms with van der Waals surface area (Å²) in [5.74, 6) is 0. The fraction of sp³-hybridized carbons (Fsp3) is 0.500. The highest BCUT2D eigenvalue weighted by Crippen LogP contribution is 2.23. The Labute approximate surface area is 166 Å². The lowest BCUT2D eigenvalue weighted by Crippen LogP contribution is -2.30. The lowest BCUT2D eigenvalue weighted by atomic mass is 10.0.